The third-order valence-corrected chi connectivity index (χ3v) is 4.03. The van der Waals surface area contributed by atoms with E-state index < -0.39 is 0 Å². The Balaban J connectivity index is 1.99. The standard InChI is InChI=1S/C15H22N4S/c1-13-5-4-7-17-14(13)11-19(9-3-2-6-16)12-15-18-8-10-20-15/h4-5,7-8,10H,2-3,6,9,11-12,16H2,1H3. The minimum Gasteiger partial charge on any atom is -0.330 e. The SMILES string of the molecule is Cc1cccnc1CN(CCCCN)Cc1nccs1. The second kappa shape index (κ2) is 8.09. The predicted octanol–water partition coefficient (Wildman–Crippen LogP) is 2.59. The summed E-state index contributed by atoms with van der Waals surface area (Å²) in [5, 5.41) is 3.19. The van der Waals surface area contributed by atoms with Crippen molar-refractivity contribution in [2.75, 3.05) is 13.1 Å². The van der Waals surface area contributed by atoms with Gasteiger partial charge in [-0.1, -0.05) is 6.07 Å². The first-order chi connectivity index (χ1) is 9.79. The zero-order valence-electron chi connectivity index (χ0n) is 12.0. The van der Waals surface area contributed by atoms with Crippen molar-refractivity contribution in [3.05, 3.63) is 46.2 Å². The molecule has 0 aliphatic carbocycles. The van der Waals surface area contributed by atoms with Gasteiger partial charge in [-0.05, 0) is 44.5 Å². The van der Waals surface area contributed by atoms with Crippen LogP contribution in [0.3, 0.4) is 0 Å². The molecule has 0 saturated heterocycles. The van der Waals surface area contributed by atoms with Crippen molar-refractivity contribution in [3.8, 4) is 0 Å². The van der Waals surface area contributed by atoms with Crippen molar-refractivity contribution in [2.24, 2.45) is 5.73 Å². The molecule has 2 aromatic rings. The zero-order valence-corrected chi connectivity index (χ0v) is 12.8. The van der Waals surface area contributed by atoms with Crippen LogP contribution in [0.2, 0.25) is 0 Å². The van der Waals surface area contributed by atoms with Crippen LogP contribution in [0.15, 0.2) is 29.9 Å². The molecule has 0 unspecified atom stereocenters. The van der Waals surface area contributed by atoms with Crippen molar-refractivity contribution in [3.63, 3.8) is 0 Å². The van der Waals surface area contributed by atoms with E-state index in [-0.39, 0.29) is 0 Å². The molecule has 0 spiro atoms. The molecule has 0 atom stereocenters. The number of nitrogens with two attached hydrogens (primary N) is 1. The van der Waals surface area contributed by atoms with E-state index in [4.69, 9.17) is 5.73 Å². The number of nitrogens with zero attached hydrogens (tertiary/aromatic N) is 3. The maximum atomic E-state index is 5.59. The summed E-state index contributed by atoms with van der Waals surface area (Å²) in [7, 11) is 0. The summed E-state index contributed by atoms with van der Waals surface area (Å²) in [4.78, 5) is 11.3. The molecule has 0 amide bonds. The molecule has 0 radical (unpaired) electrons. The van der Waals surface area contributed by atoms with Crippen LogP contribution in [-0.4, -0.2) is 28.0 Å². The lowest BCUT2D eigenvalue weighted by molar-refractivity contribution is 0.248. The average molecular weight is 290 g/mol. The van der Waals surface area contributed by atoms with E-state index in [0.29, 0.717) is 0 Å². The second-order valence-corrected chi connectivity index (χ2v) is 5.88. The number of rotatable bonds is 8. The number of aromatic nitrogens is 2. The van der Waals surface area contributed by atoms with E-state index in [9.17, 15) is 0 Å². The molecule has 0 bridgehead atoms. The molecule has 108 valence electrons. The van der Waals surface area contributed by atoms with Crippen LogP contribution < -0.4 is 5.73 Å². The Morgan fingerprint density at radius 3 is 2.80 bits per heavy atom. The monoisotopic (exact) mass is 290 g/mol. The van der Waals surface area contributed by atoms with Crippen molar-refractivity contribution in [1.82, 2.24) is 14.9 Å². The van der Waals surface area contributed by atoms with Crippen LogP contribution in [0, 0.1) is 6.92 Å². The van der Waals surface area contributed by atoms with Gasteiger partial charge < -0.3 is 5.73 Å². The fourth-order valence-corrected chi connectivity index (χ4v) is 2.77. The Bertz CT molecular complexity index is 498. The highest BCUT2D eigenvalue weighted by Gasteiger charge is 2.10. The third-order valence-electron chi connectivity index (χ3n) is 3.26. The topological polar surface area (TPSA) is 55.0 Å². The van der Waals surface area contributed by atoms with E-state index in [2.05, 4.69) is 27.9 Å². The van der Waals surface area contributed by atoms with Gasteiger partial charge in [0.25, 0.3) is 0 Å². The minimum atomic E-state index is 0.758. The molecule has 2 rings (SSSR count). The van der Waals surface area contributed by atoms with Gasteiger partial charge in [0.1, 0.15) is 5.01 Å². The van der Waals surface area contributed by atoms with Crippen LogP contribution in [0.25, 0.3) is 0 Å². The first-order valence-electron chi connectivity index (χ1n) is 7.01. The average Bonchev–Trinajstić information content (AvgIpc) is 2.94. The molecule has 0 fully saturated rings. The molecule has 0 saturated carbocycles. The summed E-state index contributed by atoms with van der Waals surface area (Å²) < 4.78 is 0. The van der Waals surface area contributed by atoms with Crippen LogP contribution >= 0.6 is 11.3 Å². The molecule has 20 heavy (non-hydrogen) atoms. The lowest BCUT2D eigenvalue weighted by Crippen LogP contribution is -2.25. The van der Waals surface area contributed by atoms with Gasteiger partial charge in [0.15, 0.2) is 0 Å². The quantitative estimate of drug-likeness (QED) is 0.759. The number of pyridine rings is 1. The van der Waals surface area contributed by atoms with Crippen molar-refractivity contribution >= 4 is 11.3 Å². The Labute approximate surface area is 124 Å². The Kier molecular flexibility index (Phi) is 6.11. The maximum Gasteiger partial charge on any atom is 0.107 e. The smallest absolute Gasteiger partial charge is 0.107 e. The van der Waals surface area contributed by atoms with Gasteiger partial charge in [-0.2, -0.15) is 0 Å². The minimum absolute atomic E-state index is 0.758. The summed E-state index contributed by atoms with van der Waals surface area (Å²) in [5.74, 6) is 0. The maximum absolute atomic E-state index is 5.59. The van der Waals surface area contributed by atoms with Crippen molar-refractivity contribution in [1.29, 1.82) is 0 Å². The molecule has 2 heterocycles. The number of unbranched alkanes of at least 4 members (excludes halogenated alkanes) is 1. The summed E-state index contributed by atoms with van der Waals surface area (Å²) in [6, 6.07) is 4.10. The van der Waals surface area contributed by atoms with Crippen LogP contribution in [0.5, 0.6) is 0 Å². The first-order valence-corrected chi connectivity index (χ1v) is 7.89. The van der Waals surface area contributed by atoms with Crippen LogP contribution in [0.1, 0.15) is 29.1 Å². The van der Waals surface area contributed by atoms with Gasteiger partial charge in [0, 0.05) is 24.3 Å². The molecular weight excluding hydrogens is 268 g/mol. The highest BCUT2D eigenvalue weighted by atomic mass is 32.1. The molecule has 4 nitrogen and oxygen atoms in total. The first kappa shape index (κ1) is 15.1. The van der Waals surface area contributed by atoms with Gasteiger partial charge in [-0.25, -0.2) is 4.98 Å². The third kappa shape index (κ3) is 4.67. The molecule has 0 aliphatic heterocycles. The summed E-state index contributed by atoms with van der Waals surface area (Å²) >= 11 is 1.71. The van der Waals surface area contributed by atoms with Crippen LogP contribution in [-0.2, 0) is 13.1 Å². The fourth-order valence-electron chi connectivity index (χ4n) is 2.11. The van der Waals surface area contributed by atoms with Crippen molar-refractivity contribution in [2.45, 2.75) is 32.9 Å². The molecule has 0 aromatic carbocycles. The number of thiazole rings is 1. The predicted molar refractivity (Wildman–Crippen MR) is 83.5 cm³/mol. The molecule has 5 heteroatoms. The molecule has 0 aliphatic rings. The van der Waals surface area contributed by atoms with Crippen molar-refractivity contribution < 1.29 is 0 Å². The Hall–Kier alpha value is -1.30. The van der Waals surface area contributed by atoms with Crippen LogP contribution in [0.4, 0.5) is 0 Å². The lowest BCUT2D eigenvalue weighted by atomic mass is 10.2. The number of hydrogen-bond donors (Lipinski definition) is 1. The zero-order chi connectivity index (χ0) is 14.2. The highest BCUT2D eigenvalue weighted by molar-refractivity contribution is 7.09. The molecule has 2 aromatic heterocycles. The summed E-state index contributed by atoms with van der Waals surface area (Å²) in [5.41, 5.74) is 7.98. The number of aryl methyl sites for hydroxylation is 1. The highest BCUT2D eigenvalue weighted by Crippen LogP contribution is 2.13. The van der Waals surface area contributed by atoms with Gasteiger partial charge in [-0.3, -0.25) is 9.88 Å². The number of hydrogen-bond acceptors (Lipinski definition) is 5. The van der Waals surface area contributed by atoms with Gasteiger partial charge in [-0.15, -0.1) is 11.3 Å². The largest absolute Gasteiger partial charge is 0.330 e. The Morgan fingerprint density at radius 1 is 1.20 bits per heavy atom. The normalized spacial score (nSPS) is 11.2. The molecule has 2 N–H and O–H groups in total. The molecular formula is C15H22N4S. The van der Waals surface area contributed by atoms with Gasteiger partial charge in [0.05, 0.1) is 12.2 Å². The van der Waals surface area contributed by atoms with Gasteiger partial charge >= 0.3 is 0 Å². The lowest BCUT2D eigenvalue weighted by Gasteiger charge is -2.21. The summed E-state index contributed by atoms with van der Waals surface area (Å²) in [6.07, 6.45) is 5.91. The second-order valence-electron chi connectivity index (χ2n) is 4.90. The fraction of sp³-hybridized carbons (Fsp3) is 0.467. The Morgan fingerprint density at radius 2 is 2.10 bits per heavy atom. The van der Waals surface area contributed by atoms with E-state index >= 15 is 0 Å². The van der Waals surface area contributed by atoms with E-state index in [1.165, 1.54) is 5.56 Å². The van der Waals surface area contributed by atoms with Gasteiger partial charge in [0.2, 0.25) is 0 Å². The van der Waals surface area contributed by atoms with E-state index in [0.717, 1.165) is 49.7 Å². The van der Waals surface area contributed by atoms with E-state index in [1.54, 1.807) is 11.3 Å². The summed E-state index contributed by atoms with van der Waals surface area (Å²) in [6.45, 7) is 5.67. The van der Waals surface area contributed by atoms with E-state index in [1.807, 2.05) is 23.8 Å².